The van der Waals surface area contributed by atoms with Gasteiger partial charge in [0.1, 0.15) is 0 Å². The standard InChI is InChI=1S/C12H16BrNO2/c13-11-3-10(4-12(14)5-11)8-16-7-9-1-2-15-6-9/h3-5,9H,1-2,6-8,14H2. The van der Waals surface area contributed by atoms with Gasteiger partial charge in [-0.25, -0.2) is 0 Å². The molecule has 4 heteroatoms. The van der Waals surface area contributed by atoms with Crippen molar-refractivity contribution in [1.82, 2.24) is 0 Å². The molecule has 0 amide bonds. The normalized spacial score (nSPS) is 20.2. The molecule has 3 nitrogen and oxygen atoms in total. The Labute approximate surface area is 104 Å². The van der Waals surface area contributed by atoms with Gasteiger partial charge in [0.05, 0.1) is 19.8 Å². The predicted octanol–water partition coefficient (Wildman–Crippen LogP) is 2.58. The molecule has 88 valence electrons. The van der Waals surface area contributed by atoms with Crippen LogP contribution >= 0.6 is 15.9 Å². The third-order valence-electron chi connectivity index (χ3n) is 2.63. The van der Waals surface area contributed by atoms with Crippen molar-refractivity contribution in [3.8, 4) is 0 Å². The van der Waals surface area contributed by atoms with Crippen molar-refractivity contribution >= 4 is 21.6 Å². The third-order valence-corrected chi connectivity index (χ3v) is 3.08. The largest absolute Gasteiger partial charge is 0.399 e. The van der Waals surface area contributed by atoms with Crippen LogP contribution in [0.25, 0.3) is 0 Å². The zero-order valence-corrected chi connectivity index (χ0v) is 10.7. The number of hydrogen-bond donors (Lipinski definition) is 1. The minimum absolute atomic E-state index is 0.560. The molecular formula is C12H16BrNO2. The van der Waals surface area contributed by atoms with Gasteiger partial charge in [0.25, 0.3) is 0 Å². The van der Waals surface area contributed by atoms with Crippen molar-refractivity contribution in [3.05, 3.63) is 28.2 Å². The van der Waals surface area contributed by atoms with Crippen LogP contribution in [0.15, 0.2) is 22.7 Å². The number of nitrogen functional groups attached to an aromatic ring is 1. The highest BCUT2D eigenvalue weighted by atomic mass is 79.9. The molecule has 2 rings (SSSR count). The number of halogens is 1. The molecule has 16 heavy (non-hydrogen) atoms. The van der Waals surface area contributed by atoms with Crippen molar-refractivity contribution in [2.45, 2.75) is 13.0 Å². The van der Waals surface area contributed by atoms with E-state index in [0.29, 0.717) is 12.5 Å². The fourth-order valence-electron chi connectivity index (χ4n) is 1.82. The van der Waals surface area contributed by atoms with Gasteiger partial charge >= 0.3 is 0 Å². The molecule has 2 N–H and O–H groups in total. The van der Waals surface area contributed by atoms with Crippen molar-refractivity contribution in [2.24, 2.45) is 5.92 Å². The van der Waals surface area contributed by atoms with Crippen LogP contribution in [0.2, 0.25) is 0 Å². The maximum atomic E-state index is 5.75. The van der Waals surface area contributed by atoms with Gasteiger partial charge < -0.3 is 15.2 Å². The average Bonchev–Trinajstić information content (AvgIpc) is 2.69. The Hall–Kier alpha value is -0.580. The van der Waals surface area contributed by atoms with Crippen LogP contribution in [0.1, 0.15) is 12.0 Å². The van der Waals surface area contributed by atoms with E-state index in [1.165, 1.54) is 0 Å². The fraction of sp³-hybridized carbons (Fsp3) is 0.500. The van der Waals surface area contributed by atoms with Crippen molar-refractivity contribution < 1.29 is 9.47 Å². The molecule has 1 unspecified atom stereocenters. The molecule has 1 saturated heterocycles. The molecule has 1 aliphatic heterocycles. The van der Waals surface area contributed by atoms with Gasteiger partial charge in [0.15, 0.2) is 0 Å². The first-order valence-corrected chi connectivity index (χ1v) is 6.24. The van der Waals surface area contributed by atoms with Crippen LogP contribution in [0.3, 0.4) is 0 Å². The van der Waals surface area contributed by atoms with E-state index >= 15 is 0 Å². The summed E-state index contributed by atoms with van der Waals surface area (Å²) in [7, 11) is 0. The average molecular weight is 286 g/mol. The Bertz CT molecular complexity index is 331. The molecule has 1 heterocycles. The summed E-state index contributed by atoms with van der Waals surface area (Å²) in [5.41, 5.74) is 7.61. The van der Waals surface area contributed by atoms with E-state index in [1.54, 1.807) is 0 Å². The second-order valence-electron chi connectivity index (χ2n) is 4.14. The highest BCUT2D eigenvalue weighted by Gasteiger charge is 2.15. The van der Waals surface area contributed by atoms with Gasteiger partial charge in [0.2, 0.25) is 0 Å². The smallest absolute Gasteiger partial charge is 0.0718 e. The Morgan fingerprint density at radius 2 is 2.31 bits per heavy atom. The van der Waals surface area contributed by atoms with Crippen LogP contribution in [0, 0.1) is 5.92 Å². The van der Waals surface area contributed by atoms with E-state index < -0.39 is 0 Å². The molecule has 1 aliphatic rings. The lowest BCUT2D eigenvalue weighted by atomic mass is 10.1. The number of hydrogen-bond acceptors (Lipinski definition) is 3. The minimum Gasteiger partial charge on any atom is -0.399 e. The first-order valence-electron chi connectivity index (χ1n) is 5.44. The summed E-state index contributed by atoms with van der Waals surface area (Å²) in [5.74, 6) is 0.560. The second kappa shape index (κ2) is 5.66. The summed E-state index contributed by atoms with van der Waals surface area (Å²) in [6.45, 7) is 3.09. The summed E-state index contributed by atoms with van der Waals surface area (Å²) in [6.07, 6.45) is 1.11. The molecule has 1 aromatic rings. The lowest BCUT2D eigenvalue weighted by molar-refractivity contribution is 0.0791. The zero-order valence-electron chi connectivity index (χ0n) is 9.12. The van der Waals surface area contributed by atoms with Crippen molar-refractivity contribution in [2.75, 3.05) is 25.6 Å². The second-order valence-corrected chi connectivity index (χ2v) is 5.05. The van der Waals surface area contributed by atoms with Gasteiger partial charge in [-0.05, 0) is 30.2 Å². The molecule has 0 aliphatic carbocycles. The number of rotatable bonds is 4. The topological polar surface area (TPSA) is 44.5 Å². The summed E-state index contributed by atoms with van der Waals surface area (Å²) in [6, 6.07) is 5.85. The van der Waals surface area contributed by atoms with E-state index in [2.05, 4.69) is 15.9 Å². The van der Waals surface area contributed by atoms with Crippen LogP contribution in [-0.2, 0) is 16.1 Å². The molecular weight excluding hydrogens is 270 g/mol. The van der Waals surface area contributed by atoms with Crippen LogP contribution in [-0.4, -0.2) is 19.8 Å². The summed E-state index contributed by atoms with van der Waals surface area (Å²) in [5, 5.41) is 0. The molecule has 0 spiro atoms. The van der Waals surface area contributed by atoms with Crippen molar-refractivity contribution in [3.63, 3.8) is 0 Å². The quantitative estimate of drug-likeness (QED) is 0.865. The summed E-state index contributed by atoms with van der Waals surface area (Å²) < 4.78 is 11.9. The van der Waals surface area contributed by atoms with Gasteiger partial charge in [-0.1, -0.05) is 15.9 Å². The summed E-state index contributed by atoms with van der Waals surface area (Å²) >= 11 is 3.42. The van der Waals surface area contributed by atoms with Gasteiger partial charge in [-0.15, -0.1) is 0 Å². The predicted molar refractivity (Wildman–Crippen MR) is 67.1 cm³/mol. The SMILES string of the molecule is Nc1cc(Br)cc(COCC2CCOC2)c1. The third kappa shape index (κ3) is 3.47. The Kier molecular flexibility index (Phi) is 4.21. The van der Waals surface area contributed by atoms with Crippen LogP contribution < -0.4 is 5.73 Å². The molecule has 1 fully saturated rings. The minimum atomic E-state index is 0.560. The van der Waals surface area contributed by atoms with Gasteiger partial charge in [-0.3, -0.25) is 0 Å². The molecule has 0 bridgehead atoms. The maximum Gasteiger partial charge on any atom is 0.0718 e. The maximum absolute atomic E-state index is 5.75. The van der Waals surface area contributed by atoms with Crippen LogP contribution in [0.5, 0.6) is 0 Å². The number of anilines is 1. The van der Waals surface area contributed by atoms with Crippen molar-refractivity contribution in [1.29, 1.82) is 0 Å². The van der Waals surface area contributed by atoms with Gasteiger partial charge in [-0.2, -0.15) is 0 Å². The molecule has 0 radical (unpaired) electrons. The molecule has 0 aromatic heterocycles. The number of nitrogens with two attached hydrogens (primary N) is 1. The van der Waals surface area contributed by atoms with E-state index in [4.69, 9.17) is 15.2 Å². The lowest BCUT2D eigenvalue weighted by Crippen LogP contribution is -2.09. The van der Waals surface area contributed by atoms with E-state index in [9.17, 15) is 0 Å². The molecule has 0 saturated carbocycles. The number of benzene rings is 1. The van der Waals surface area contributed by atoms with Crippen LogP contribution in [0.4, 0.5) is 5.69 Å². The Balaban J connectivity index is 1.80. The van der Waals surface area contributed by atoms with E-state index in [0.717, 1.165) is 42.0 Å². The van der Waals surface area contributed by atoms with Gasteiger partial charge in [0, 0.05) is 22.7 Å². The molecule has 1 aromatic carbocycles. The first-order chi connectivity index (χ1) is 7.74. The van der Waals surface area contributed by atoms with E-state index in [-0.39, 0.29) is 0 Å². The first kappa shape index (κ1) is 11.9. The molecule has 1 atom stereocenters. The summed E-state index contributed by atoms with van der Waals surface area (Å²) in [4.78, 5) is 0. The highest BCUT2D eigenvalue weighted by molar-refractivity contribution is 9.10. The zero-order chi connectivity index (χ0) is 11.4. The Morgan fingerprint density at radius 1 is 1.44 bits per heavy atom. The highest BCUT2D eigenvalue weighted by Crippen LogP contribution is 2.19. The van der Waals surface area contributed by atoms with E-state index in [1.807, 2.05) is 18.2 Å². The fourth-order valence-corrected chi connectivity index (χ4v) is 2.38. The Morgan fingerprint density at radius 3 is 3.00 bits per heavy atom. The lowest BCUT2D eigenvalue weighted by Gasteiger charge is -2.09. The number of ether oxygens (including phenoxy) is 2. The monoisotopic (exact) mass is 285 g/mol.